The minimum Gasteiger partial charge on any atom is -0.206 e. The zero-order valence-corrected chi connectivity index (χ0v) is 15.1. The molecule has 0 N–H and O–H groups in total. The van der Waals surface area contributed by atoms with Crippen LogP contribution in [0.15, 0.2) is 60.7 Å². The van der Waals surface area contributed by atoms with E-state index in [1.54, 1.807) is 0 Å². The normalized spacial score (nSPS) is 12.1. The summed E-state index contributed by atoms with van der Waals surface area (Å²) in [5, 5.41) is 0. The van der Waals surface area contributed by atoms with E-state index in [0.29, 0.717) is 17.7 Å². The minimum absolute atomic E-state index is 0.508. The minimum atomic E-state index is -1.48. The summed E-state index contributed by atoms with van der Waals surface area (Å²) >= 11 is 0. The van der Waals surface area contributed by atoms with E-state index in [1.165, 1.54) is 6.07 Å². The Kier molecular flexibility index (Phi) is 5.93. The van der Waals surface area contributed by atoms with E-state index in [4.69, 9.17) is 0 Å². The molecule has 0 fully saturated rings. The van der Waals surface area contributed by atoms with Crippen LogP contribution in [0.3, 0.4) is 0 Å². The van der Waals surface area contributed by atoms with Gasteiger partial charge in [-0.2, -0.15) is 0 Å². The molecule has 0 bridgehead atoms. The van der Waals surface area contributed by atoms with Gasteiger partial charge >= 0.3 is 0 Å². The van der Waals surface area contributed by atoms with Crippen LogP contribution in [0.25, 0.3) is 22.8 Å². The molecule has 0 saturated carbocycles. The number of benzene rings is 3. The van der Waals surface area contributed by atoms with Crippen LogP contribution in [0.2, 0.25) is 0 Å². The maximum atomic E-state index is 14.4. The summed E-state index contributed by atoms with van der Waals surface area (Å²) in [5.74, 6) is -6.39. The zero-order valence-electron chi connectivity index (χ0n) is 15.1. The molecule has 0 atom stereocenters. The second-order valence-electron chi connectivity index (χ2n) is 6.40. The Morgan fingerprint density at radius 2 is 1.36 bits per heavy atom. The molecule has 0 amide bonds. The lowest BCUT2D eigenvalue weighted by Gasteiger charge is -2.08. The predicted molar refractivity (Wildman–Crippen MR) is 101 cm³/mol. The largest absolute Gasteiger partial charge is 0.206 e. The van der Waals surface area contributed by atoms with Gasteiger partial charge in [0.05, 0.1) is 0 Å². The highest BCUT2D eigenvalue weighted by molar-refractivity contribution is 5.84. The average Bonchev–Trinajstić information content (AvgIpc) is 2.70. The zero-order chi connectivity index (χ0) is 20.3. The highest BCUT2D eigenvalue weighted by Crippen LogP contribution is 2.32. The van der Waals surface area contributed by atoms with Gasteiger partial charge < -0.3 is 0 Å². The third-order valence-corrected chi connectivity index (χ3v) is 4.40. The van der Waals surface area contributed by atoms with Crippen molar-refractivity contribution >= 4 is 11.7 Å². The van der Waals surface area contributed by atoms with E-state index in [-0.39, 0.29) is 0 Å². The third kappa shape index (κ3) is 4.14. The summed E-state index contributed by atoms with van der Waals surface area (Å²) in [5.41, 5.74) is 1.33. The van der Waals surface area contributed by atoms with Crippen molar-refractivity contribution in [1.82, 2.24) is 0 Å². The van der Waals surface area contributed by atoms with Crippen LogP contribution < -0.4 is 0 Å². The van der Waals surface area contributed by atoms with Gasteiger partial charge in [-0.15, -0.1) is 0 Å². The molecule has 3 rings (SSSR count). The van der Waals surface area contributed by atoms with Crippen molar-refractivity contribution in [3.8, 4) is 11.1 Å². The topological polar surface area (TPSA) is 0 Å². The van der Waals surface area contributed by atoms with Crippen molar-refractivity contribution in [3.05, 3.63) is 94.8 Å². The summed E-state index contributed by atoms with van der Waals surface area (Å²) in [6, 6.07) is 13.4. The first-order valence-electron chi connectivity index (χ1n) is 8.80. The van der Waals surface area contributed by atoms with Gasteiger partial charge in [0.15, 0.2) is 23.3 Å². The van der Waals surface area contributed by atoms with Crippen LogP contribution in [0.4, 0.5) is 22.0 Å². The Balaban J connectivity index is 1.93. The standard InChI is InChI=1S/C23H17F5/c1-2-3-14-4-6-15(7-5-14)16-8-10-18(20(25)12-16)23(28)22(27)17-9-11-19(24)21(26)13-17/h4-13H,2-3H2,1H3/b23-22+. The van der Waals surface area contributed by atoms with Crippen molar-refractivity contribution in [2.75, 3.05) is 0 Å². The third-order valence-electron chi connectivity index (χ3n) is 4.40. The van der Waals surface area contributed by atoms with Gasteiger partial charge in [0.1, 0.15) is 5.82 Å². The molecule has 28 heavy (non-hydrogen) atoms. The summed E-state index contributed by atoms with van der Waals surface area (Å²) in [6.45, 7) is 2.07. The van der Waals surface area contributed by atoms with Crippen LogP contribution in [0, 0.1) is 17.5 Å². The van der Waals surface area contributed by atoms with E-state index in [2.05, 4.69) is 6.92 Å². The smallest absolute Gasteiger partial charge is 0.169 e. The summed E-state index contributed by atoms with van der Waals surface area (Å²) in [6.07, 6.45) is 1.95. The summed E-state index contributed by atoms with van der Waals surface area (Å²) in [7, 11) is 0. The maximum absolute atomic E-state index is 14.4. The molecule has 0 unspecified atom stereocenters. The van der Waals surface area contributed by atoms with E-state index in [0.717, 1.165) is 42.2 Å². The maximum Gasteiger partial charge on any atom is 0.169 e. The fourth-order valence-corrected chi connectivity index (χ4v) is 2.90. The van der Waals surface area contributed by atoms with Gasteiger partial charge in [-0.25, -0.2) is 22.0 Å². The van der Waals surface area contributed by atoms with Gasteiger partial charge in [-0.1, -0.05) is 43.7 Å². The van der Waals surface area contributed by atoms with Crippen LogP contribution in [0.5, 0.6) is 0 Å². The van der Waals surface area contributed by atoms with Gasteiger partial charge in [0, 0.05) is 11.1 Å². The second kappa shape index (κ2) is 8.38. The van der Waals surface area contributed by atoms with Crippen LogP contribution in [-0.2, 0) is 6.42 Å². The molecule has 3 aromatic rings. The number of hydrogen-bond donors (Lipinski definition) is 0. The first-order valence-corrected chi connectivity index (χ1v) is 8.80. The molecule has 0 radical (unpaired) electrons. The number of aryl methyl sites for hydroxylation is 1. The summed E-state index contributed by atoms with van der Waals surface area (Å²) < 4.78 is 69.4. The van der Waals surface area contributed by atoms with Crippen LogP contribution >= 0.6 is 0 Å². The van der Waals surface area contributed by atoms with Crippen molar-refractivity contribution in [3.63, 3.8) is 0 Å². The molecule has 3 aromatic carbocycles. The molecular formula is C23H17F5. The number of hydrogen-bond acceptors (Lipinski definition) is 0. The monoisotopic (exact) mass is 388 g/mol. The van der Waals surface area contributed by atoms with Crippen molar-refractivity contribution in [1.29, 1.82) is 0 Å². The van der Waals surface area contributed by atoms with E-state index in [1.807, 2.05) is 24.3 Å². The highest BCUT2D eigenvalue weighted by atomic mass is 19.2. The lowest BCUT2D eigenvalue weighted by atomic mass is 10.00. The van der Waals surface area contributed by atoms with Crippen molar-refractivity contribution in [2.24, 2.45) is 0 Å². The first-order chi connectivity index (χ1) is 13.4. The SMILES string of the molecule is CCCc1ccc(-c2ccc(/C(F)=C(\F)c3ccc(F)c(F)c3)c(F)c2)cc1. The molecule has 0 aliphatic heterocycles. The van der Waals surface area contributed by atoms with Crippen LogP contribution in [0.1, 0.15) is 30.0 Å². The van der Waals surface area contributed by atoms with E-state index >= 15 is 0 Å². The van der Waals surface area contributed by atoms with E-state index in [9.17, 15) is 22.0 Å². The molecule has 0 spiro atoms. The Bertz CT molecular complexity index is 1020. The number of rotatable bonds is 5. The fraction of sp³-hybridized carbons (Fsp3) is 0.130. The average molecular weight is 388 g/mol. The Labute approximate surface area is 160 Å². The molecular weight excluding hydrogens is 371 g/mol. The van der Waals surface area contributed by atoms with Crippen molar-refractivity contribution in [2.45, 2.75) is 19.8 Å². The highest BCUT2D eigenvalue weighted by Gasteiger charge is 2.17. The molecule has 0 aromatic heterocycles. The first kappa shape index (κ1) is 19.8. The second-order valence-corrected chi connectivity index (χ2v) is 6.40. The lowest BCUT2D eigenvalue weighted by molar-refractivity contribution is 0.507. The molecule has 144 valence electrons. The number of halogens is 5. The molecule has 0 aliphatic carbocycles. The molecule has 0 nitrogen and oxygen atoms in total. The molecule has 0 aliphatic rings. The van der Waals surface area contributed by atoms with Gasteiger partial charge in [-0.3, -0.25) is 0 Å². The lowest BCUT2D eigenvalue weighted by Crippen LogP contribution is -1.92. The Hall–Kier alpha value is -2.95. The Morgan fingerprint density at radius 1 is 0.679 bits per heavy atom. The molecule has 0 heterocycles. The molecule has 5 heteroatoms. The van der Waals surface area contributed by atoms with E-state index < -0.39 is 40.2 Å². The summed E-state index contributed by atoms with van der Waals surface area (Å²) in [4.78, 5) is 0. The fourth-order valence-electron chi connectivity index (χ4n) is 2.90. The van der Waals surface area contributed by atoms with Gasteiger partial charge in [-0.05, 0) is 53.4 Å². The Morgan fingerprint density at radius 3 is 1.96 bits per heavy atom. The van der Waals surface area contributed by atoms with Gasteiger partial charge in [0.2, 0.25) is 0 Å². The van der Waals surface area contributed by atoms with Gasteiger partial charge in [0.25, 0.3) is 0 Å². The quantitative estimate of drug-likeness (QED) is 0.314. The van der Waals surface area contributed by atoms with Crippen LogP contribution in [-0.4, -0.2) is 0 Å². The molecule has 0 saturated heterocycles. The predicted octanol–water partition coefficient (Wildman–Crippen LogP) is 7.49. The van der Waals surface area contributed by atoms with Crippen molar-refractivity contribution < 1.29 is 22.0 Å².